The first kappa shape index (κ1) is 23.8. The molecule has 1 saturated heterocycles. The van der Waals surface area contributed by atoms with Crippen molar-refractivity contribution in [1.82, 2.24) is 4.90 Å². The summed E-state index contributed by atoms with van der Waals surface area (Å²) in [5.74, 6) is 0.888. The molecule has 180 valence electrons. The molecule has 0 amide bonds. The normalized spacial score (nSPS) is 14.3. The van der Waals surface area contributed by atoms with E-state index in [2.05, 4.69) is 29.2 Å². The number of hydrogen-bond donors (Lipinski definition) is 0. The zero-order chi connectivity index (χ0) is 24.0. The maximum Gasteiger partial charge on any atom is 0.195 e. The van der Waals surface area contributed by atoms with Gasteiger partial charge in [-0.15, -0.1) is 11.3 Å². The highest BCUT2D eigenvalue weighted by atomic mass is 32.1. The number of nitrogens with zero attached hydrogens (tertiary/aromatic N) is 1. The van der Waals surface area contributed by atoms with E-state index in [1.807, 2.05) is 48.5 Å². The highest BCUT2D eigenvalue weighted by Crippen LogP contribution is 2.41. The molecular formula is C31H33NO2S. The van der Waals surface area contributed by atoms with E-state index in [0.29, 0.717) is 0 Å². The number of unbranched alkanes of at least 4 members (excludes halogenated alkanes) is 1. The number of carbonyl (C=O) groups is 1. The summed E-state index contributed by atoms with van der Waals surface area (Å²) in [6, 6.07) is 24.5. The van der Waals surface area contributed by atoms with Crippen molar-refractivity contribution in [3.8, 4) is 16.2 Å². The molecule has 2 heterocycles. The van der Waals surface area contributed by atoms with Crippen LogP contribution in [0.25, 0.3) is 20.5 Å². The van der Waals surface area contributed by atoms with Crippen LogP contribution in [0.2, 0.25) is 0 Å². The van der Waals surface area contributed by atoms with E-state index in [1.54, 1.807) is 18.4 Å². The number of hydrogen-bond acceptors (Lipinski definition) is 4. The second kappa shape index (κ2) is 11.2. The molecule has 4 heteroatoms. The van der Waals surface area contributed by atoms with Crippen molar-refractivity contribution in [3.05, 3.63) is 89.5 Å². The Kier molecular flexibility index (Phi) is 7.60. The molecule has 0 saturated carbocycles. The molecule has 0 unspecified atom stereocenters. The third kappa shape index (κ3) is 5.50. The molecule has 0 spiro atoms. The Morgan fingerprint density at radius 1 is 0.914 bits per heavy atom. The molecule has 4 aromatic rings. The van der Waals surface area contributed by atoms with Crippen LogP contribution in [0.3, 0.4) is 0 Å². The summed E-state index contributed by atoms with van der Waals surface area (Å²) in [6.07, 6.45) is 7.61. The Morgan fingerprint density at radius 3 is 2.43 bits per heavy atom. The Bertz CT molecular complexity index is 1270. The number of carbonyl (C=O) groups excluding carboxylic acids is 1. The molecule has 0 bridgehead atoms. The zero-order valence-corrected chi connectivity index (χ0v) is 21.3. The lowest BCUT2D eigenvalue weighted by Gasteiger charge is -2.26. The summed E-state index contributed by atoms with van der Waals surface area (Å²) < 4.78 is 6.50. The average Bonchev–Trinajstić information content (AvgIpc) is 3.31. The lowest BCUT2D eigenvalue weighted by Crippen LogP contribution is -2.30. The number of ether oxygens (including phenoxy) is 1. The van der Waals surface area contributed by atoms with Crippen LogP contribution < -0.4 is 4.74 Å². The van der Waals surface area contributed by atoms with Gasteiger partial charge in [0.2, 0.25) is 0 Å². The topological polar surface area (TPSA) is 29.5 Å². The molecule has 0 radical (unpaired) electrons. The van der Waals surface area contributed by atoms with Crippen LogP contribution in [0, 0.1) is 0 Å². The first-order chi connectivity index (χ1) is 17.2. The summed E-state index contributed by atoms with van der Waals surface area (Å²) in [7, 11) is 1.67. The third-order valence-electron chi connectivity index (χ3n) is 7.01. The Balaban J connectivity index is 1.34. The van der Waals surface area contributed by atoms with Gasteiger partial charge in [0.05, 0.1) is 7.11 Å². The molecule has 1 aromatic heterocycles. The van der Waals surface area contributed by atoms with Crippen LogP contribution in [0.15, 0.2) is 72.8 Å². The molecule has 0 aliphatic carbocycles. The van der Waals surface area contributed by atoms with E-state index in [4.69, 9.17) is 4.74 Å². The third-order valence-corrected chi connectivity index (χ3v) is 8.22. The number of fused-ring (bicyclic) bond motifs is 1. The molecule has 35 heavy (non-hydrogen) atoms. The largest absolute Gasteiger partial charge is 0.497 e. The van der Waals surface area contributed by atoms with Gasteiger partial charge in [0.25, 0.3) is 0 Å². The molecular weight excluding hydrogens is 450 g/mol. The number of piperidine rings is 1. The van der Waals surface area contributed by atoms with E-state index < -0.39 is 0 Å². The fraction of sp³-hybridized carbons (Fsp3) is 0.323. The average molecular weight is 484 g/mol. The van der Waals surface area contributed by atoms with Crippen molar-refractivity contribution in [2.75, 3.05) is 26.7 Å². The summed E-state index contributed by atoms with van der Waals surface area (Å²) in [6.45, 7) is 3.76. The summed E-state index contributed by atoms with van der Waals surface area (Å²) in [5.41, 5.74) is 3.91. The minimum absolute atomic E-state index is 0.0805. The summed E-state index contributed by atoms with van der Waals surface area (Å²) in [5, 5.41) is 0.987. The van der Waals surface area contributed by atoms with Crippen molar-refractivity contribution in [2.24, 2.45) is 0 Å². The van der Waals surface area contributed by atoms with Gasteiger partial charge in [-0.2, -0.15) is 0 Å². The van der Waals surface area contributed by atoms with Crippen LogP contribution in [0.1, 0.15) is 53.6 Å². The number of rotatable bonds is 9. The van der Waals surface area contributed by atoms with Gasteiger partial charge >= 0.3 is 0 Å². The van der Waals surface area contributed by atoms with Crippen LogP contribution in [0.4, 0.5) is 0 Å². The van der Waals surface area contributed by atoms with Crippen LogP contribution in [0.5, 0.6) is 5.75 Å². The van der Waals surface area contributed by atoms with Crippen molar-refractivity contribution in [1.29, 1.82) is 0 Å². The van der Waals surface area contributed by atoms with Gasteiger partial charge in [0.15, 0.2) is 5.78 Å². The number of thiophene rings is 1. The van der Waals surface area contributed by atoms with Gasteiger partial charge in [-0.05, 0) is 81.1 Å². The SMILES string of the molecule is COc1ccc2c(C(=O)c3ccc(CCCCN4CCCCC4)cc3)c(-c3ccccc3)sc2c1. The number of ketones is 1. The molecule has 1 aliphatic rings. The molecule has 5 rings (SSSR count). The predicted octanol–water partition coefficient (Wildman–Crippen LogP) is 7.62. The monoisotopic (exact) mass is 483 g/mol. The Hall–Kier alpha value is -2.95. The Morgan fingerprint density at radius 2 is 1.69 bits per heavy atom. The van der Waals surface area contributed by atoms with Crippen molar-refractivity contribution >= 4 is 27.2 Å². The lowest BCUT2D eigenvalue weighted by atomic mass is 9.96. The fourth-order valence-corrected chi connectivity index (χ4v) is 6.27. The van der Waals surface area contributed by atoms with Crippen molar-refractivity contribution < 1.29 is 9.53 Å². The highest BCUT2D eigenvalue weighted by molar-refractivity contribution is 7.22. The summed E-state index contributed by atoms with van der Waals surface area (Å²) >= 11 is 1.65. The second-order valence-corrected chi connectivity index (χ2v) is 10.5. The van der Waals surface area contributed by atoms with Gasteiger partial charge in [0, 0.05) is 26.1 Å². The van der Waals surface area contributed by atoms with Crippen LogP contribution >= 0.6 is 11.3 Å². The summed E-state index contributed by atoms with van der Waals surface area (Å²) in [4.78, 5) is 17.4. The predicted molar refractivity (Wildman–Crippen MR) is 147 cm³/mol. The van der Waals surface area contributed by atoms with Gasteiger partial charge in [-0.3, -0.25) is 4.79 Å². The lowest BCUT2D eigenvalue weighted by molar-refractivity contribution is 0.104. The highest BCUT2D eigenvalue weighted by Gasteiger charge is 2.22. The van der Waals surface area contributed by atoms with Crippen molar-refractivity contribution in [2.45, 2.75) is 38.5 Å². The first-order valence-corrected chi connectivity index (χ1v) is 13.6. The molecule has 0 atom stereocenters. The first-order valence-electron chi connectivity index (χ1n) is 12.7. The van der Waals surface area contributed by atoms with E-state index in [9.17, 15) is 4.79 Å². The smallest absolute Gasteiger partial charge is 0.195 e. The maximum atomic E-state index is 13.8. The number of benzene rings is 3. The molecule has 3 nitrogen and oxygen atoms in total. The second-order valence-electron chi connectivity index (χ2n) is 9.42. The quantitative estimate of drug-likeness (QED) is 0.181. The molecule has 3 aromatic carbocycles. The van der Waals surface area contributed by atoms with E-state index in [1.165, 1.54) is 57.3 Å². The Labute approximate surface area is 212 Å². The van der Waals surface area contributed by atoms with E-state index in [-0.39, 0.29) is 5.78 Å². The van der Waals surface area contributed by atoms with Gasteiger partial charge in [-0.25, -0.2) is 0 Å². The standard InChI is InChI=1S/C31H33NO2S/c1-34-26-17-18-27-28(22-26)35-31(25-11-4-2-5-12-25)29(27)30(33)24-15-13-23(14-16-24)10-6-9-21-32-19-7-3-8-20-32/h2,4-5,11-18,22H,3,6-10,19-21H2,1H3. The maximum absolute atomic E-state index is 13.8. The minimum Gasteiger partial charge on any atom is -0.497 e. The molecule has 1 fully saturated rings. The van der Waals surface area contributed by atoms with Gasteiger partial charge in [-0.1, -0.05) is 61.0 Å². The molecule has 1 aliphatic heterocycles. The number of likely N-dealkylation sites (tertiary alicyclic amines) is 1. The van der Waals surface area contributed by atoms with E-state index in [0.717, 1.165) is 43.8 Å². The number of aryl methyl sites for hydroxylation is 1. The van der Waals surface area contributed by atoms with Crippen molar-refractivity contribution in [3.63, 3.8) is 0 Å². The van der Waals surface area contributed by atoms with E-state index >= 15 is 0 Å². The van der Waals surface area contributed by atoms with Crippen LogP contribution in [-0.4, -0.2) is 37.4 Å². The molecule has 0 N–H and O–H groups in total. The van der Waals surface area contributed by atoms with Gasteiger partial charge < -0.3 is 9.64 Å². The number of methoxy groups -OCH3 is 1. The minimum atomic E-state index is 0.0805. The fourth-order valence-electron chi connectivity index (χ4n) is 5.04. The van der Waals surface area contributed by atoms with Crippen LogP contribution in [-0.2, 0) is 6.42 Å². The van der Waals surface area contributed by atoms with Gasteiger partial charge in [0.1, 0.15) is 5.75 Å². The zero-order valence-electron chi connectivity index (χ0n) is 20.5.